The molecule has 9 heteroatoms. The van der Waals surface area contributed by atoms with Crippen molar-refractivity contribution in [1.82, 2.24) is 4.98 Å². The number of hydrogen-bond donors (Lipinski definition) is 0. The van der Waals surface area contributed by atoms with E-state index in [0.29, 0.717) is 16.0 Å². The number of anilines is 1. The van der Waals surface area contributed by atoms with E-state index >= 15 is 0 Å². The minimum absolute atomic E-state index is 0.0536. The first kappa shape index (κ1) is 19.9. The molecule has 0 aliphatic rings. The Morgan fingerprint density at radius 2 is 1.90 bits per heavy atom. The molecule has 0 unspecified atom stereocenters. The number of halogens is 4. The van der Waals surface area contributed by atoms with Crippen LogP contribution in [0.3, 0.4) is 0 Å². The third-order valence-corrected chi connectivity index (χ3v) is 6.17. The number of amides is 1. The molecule has 1 amide bonds. The zero-order chi connectivity index (χ0) is 20.6. The second kappa shape index (κ2) is 7.79. The second-order valence-electron chi connectivity index (χ2n) is 6.10. The second-order valence-corrected chi connectivity index (χ2v) is 8.27. The zero-order valence-electron chi connectivity index (χ0n) is 14.6. The Morgan fingerprint density at radius 3 is 2.59 bits per heavy atom. The van der Waals surface area contributed by atoms with Crippen LogP contribution in [0, 0.1) is 3.57 Å². The first-order valence-electron chi connectivity index (χ1n) is 8.40. The smallest absolute Gasteiger partial charge is 0.418 e. The maximum atomic E-state index is 13.4. The summed E-state index contributed by atoms with van der Waals surface area (Å²) in [4.78, 5) is 18.8. The lowest BCUT2D eigenvalue weighted by Crippen LogP contribution is -2.30. The van der Waals surface area contributed by atoms with Crippen LogP contribution in [-0.4, -0.2) is 10.9 Å². The molecule has 4 aromatic rings. The number of rotatable bonds is 4. The van der Waals surface area contributed by atoms with Crippen molar-refractivity contribution in [1.29, 1.82) is 0 Å². The lowest BCUT2D eigenvalue weighted by Gasteiger charge is -2.19. The van der Waals surface area contributed by atoms with Crippen molar-refractivity contribution in [2.75, 3.05) is 4.90 Å². The van der Waals surface area contributed by atoms with Crippen molar-refractivity contribution in [3.63, 3.8) is 0 Å². The molecule has 0 aliphatic carbocycles. The fraction of sp³-hybridized carbons (Fsp3) is 0.100. The third kappa shape index (κ3) is 4.01. The summed E-state index contributed by atoms with van der Waals surface area (Å²) in [6.07, 6.45) is -3.06. The molecule has 2 heterocycles. The standard InChI is InChI=1S/C20H12F3IN2O2S/c21-20(22,23)14-7-3-9-16-17(14)25-19(29-16)26(11-12-5-4-10-28-12)18(27)13-6-1-2-8-15(13)24/h1-10H,11H2. The molecule has 2 aromatic carbocycles. The number of alkyl halides is 3. The highest BCUT2D eigenvalue weighted by Gasteiger charge is 2.34. The molecule has 0 saturated heterocycles. The maximum Gasteiger partial charge on any atom is 0.418 e. The molecule has 4 nitrogen and oxygen atoms in total. The number of furan rings is 1. The predicted molar refractivity (Wildman–Crippen MR) is 113 cm³/mol. The summed E-state index contributed by atoms with van der Waals surface area (Å²) in [5.74, 6) is 0.138. The third-order valence-electron chi connectivity index (χ3n) is 4.19. The molecule has 0 fully saturated rings. The number of thiazole rings is 1. The lowest BCUT2D eigenvalue weighted by atomic mass is 10.2. The Hall–Kier alpha value is -2.40. The van der Waals surface area contributed by atoms with Gasteiger partial charge in [-0.05, 0) is 59.0 Å². The molecule has 0 N–H and O–H groups in total. The monoisotopic (exact) mass is 528 g/mol. The Morgan fingerprint density at radius 1 is 1.10 bits per heavy atom. The Bertz CT molecular complexity index is 1170. The van der Waals surface area contributed by atoms with Gasteiger partial charge in [0, 0.05) is 3.57 Å². The van der Waals surface area contributed by atoms with Gasteiger partial charge in [-0.25, -0.2) is 4.98 Å². The summed E-state index contributed by atoms with van der Waals surface area (Å²) >= 11 is 3.09. The summed E-state index contributed by atoms with van der Waals surface area (Å²) in [7, 11) is 0. The van der Waals surface area contributed by atoms with Gasteiger partial charge in [-0.3, -0.25) is 9.69 Å². The fourth-order valence-electron chi connectivity index (χ4n) is 2.85. The molecule has 4 rings (SSSR count). The molecule has 29 heavy (non-hydrogen) atoms. The van der Waals surface area contributed by atoms with E-state index in [2.05, 4.69) is 27.6 Å². The number of para-hydroxylation sites is 1. The van der Waals surface area contributed by atoms with E-state index in [0.717, 1.165) is 21.0 Å². The number of aromatic nitrogens is 1. The lowest BCUT2D eigenvalue weighted by molar-refractivity contribution is -0.136. The Labute approximate surface area is 181 Å². The van der Waals surface area contributed by atoms with Crippen LogP contribution in [0.4, 0.5) is 18.3 Å². The van der Waals surface area contributed by atoms with Gasteiger partial charge in [0.25, 0.3) is 5.91 Å². The van der Waals surface area contributed by atoms with Crippen LogP contribution >= 0.6 is 33.9 Å². The molecule has 0 radical (unpaired) electrons. The van der Waals surface area contributed by atoms with Gasteiger partial charge < -0.3 is 4.42 Å². The van der Waals surface area contributed by atoms with Gasteiger partial charge in [0.15, 0.2) is 5.13 Å². The highest BCUT2D eigenvalue weighted by molar-refractivity contribution is 14.1. The van der Waals surface area contributed by atoms with E-state index < -0.39 is 11.7 Å². The van der Waals surface area contributed by atoms with Crippen LogP contribution in [0.25, 0.3) is 10.2 Å². The molecular formula is C20H12F3IN2O2S. The van der Waals surface area contributed by atoms with E-state index in [1.165, 1.54) is 17.2 Å². The number of carbonyl (C=O) groups excluding carboxylic acids is 1. The molecule has 148 valence electrons. The van der Waals surface area contributed by atoms with Crippen molar-refractivity contribution < 1.29 is 22.4 Å². The summed E-state index contributed by atoms with van der Waals surface area (Å²) < 4.78 is 46.6. The van der Waals surface area contributed by atoms with Crippen LogP contribution in [0.15, 0.2) is 65.3 Å². The van der Waals surface area contributed by atoms with Crippen molar-refractivity contribution in [3.8, 4) is 0 Å². The van der Waals surface area contributed by atoms with Crippen LogP contribution in [0.1, 0.15) is 21.7 Å². The molecule has 0 aliphatic heterocycles. The van der Waals surface area contributed by atoms with Gasteiger partial charge in [0.2, 0.25) is 0 Å². The van der Waals surface area contributed by atoms with Crippen molar-refractivity contribution >= 4 is 55.2 Å². The molecule has 0 atom stereocenters. The number of fused-ring (bicyclic) bond motifs is 1. The zero-order valence-corrected chi connectivity index (χ0v) is 17.6. The largest absolute Gasteiger partial charge is 0.467 e. The van der Waals surface area contributed by atoms with Crippen molar-refractivity contribution in [3.05, 3.63) is 81.3 Å². The van der Waals surface area contributed by atoms with E-state index in [9.17, 15) is 18.0 Å². The van der Waals surface area contributed by atoms with E-state index in [1.54, 1.807) is 36.4 Å². The number of carbonyl (C=O) groups is 1. The highest BCUT2D eigenvalue weighted by Crippen LogP contribution is 2.39. The van der Waals surface area contributed by atoms with Gasteiger partial charge in [-0.15, -0.1) is 0 Å². The Balaban J connectivity index is 1.83. The maximum absolute atomic E-state index is 13.4. The van der Waals surface area contributed by atoms with Gasteiger partial charge in [0.05, 0.1) is 34.2 Å². The quantitative estimate of drug-likeness (QED) is 0.290. The topological polar surface area (TPSA) is 46.3 Å². The Kier molecular flexibility index (Phi) is 5.34. The van der Waals surface area contributed by atoms with E-state index in [-0.39, 0.29) is 23.1 Å². The molecule has 0 saturated carbocycles. The summed E-state index contributed by atoms with van der Waals surface area (Å²) in [6, 6.07) is 14.3. The minimum Gasteiger partial charge on any atom is -0.467 e. The highest BCUT2D eigenvalue weighted by atomic mass is 127. The first-order valence-corrected chi connectivity index (χ1v) is 10.3. The van der Waals surface area contributed by atoms with Crippen molar-refractivity contribution in [2.45, 2.75) is 12.7 Å². The summed E-state index contributed by atoms with van der Waals surface area (Å²) in [5, 5.41) is 0.178. The van der Waals surface area contributed by atoms with E-state index in [1.807, 2.05) is 6.07 Å². The normalized spacial score (nSPS) is 11.7. The molecular weight excluding hydrogens is 516 g/mol. The molecule has 2 aromatic heterocycles. The number of nitrogens with zero attached hydrogens (tertiary/aromatic N) is 2. The van der Waals surface area contributed by atoms with Crippen LogP contribution in [-0.2, 0) is 12.7 Å². The average molecular weight is 528 g/mol. The average Bonchev–Trinajstić information content (AvgIpc) is 3.34. The van der Waals surface area contributed by atoms with Gasteiger partial charge in [0.1, 0.15) is 5.76 Å². The van der Waals surface area contributed by atoms with Crippen LogP contribution in [0.2, 0.25) is 0 Å². The number of hydrogen-bond acceptors (Lipinski definition) is 4. The minimum atomic E-state index is -4.53. The fourth-order valence-corrected chi connectivity index (χ4v) is 4.45. The van der Waals surface area contributed by atoms with Crippen LogP contribution in [0.5, 0.6) is 0 Å². The van der Waals surface area contributed by atoms with Gasteiger partial charge in [-0.2, -0.15) is 13.2 Å². The van der Waals surface area contributed by atoms with Gasteiger partial charge in [-0.1, -0.05) is 29.5 Å². The van der Waals surface area contributed by atoms with E-state index in [4.69, 9.17) is 4.42 Å². The predicted octanol–water partition coefficient (Wildman–Crippen LogP) is 6.36. The first-order chi connectivity index (χ1) is 13.8. The van der Waals surface area contributed by atoms with Crippen LogP contribution < -0.4 is 4.90 Å². The summed E-state index contributed by atoms with van der Waals surface area (Å²) in [5.41, 5.74) is -0.549. The SMILES string of the molecule is O=C(c1ccccc1I)N(Cc1ccco1)c1nc2c(C(F)(F)F)cccc2s1. The molecule has 0 spiro atoms. The number of benzene rings is 2. The summed E-state index contributed by atoms with van der Waals surface area (Å²) in [6.45, 7) is 0.0536. The van der Waals surface area contributed by atoms with Crippen molar-refractivity contribution in [2.24, 2.45) is 0 Å². The van der Waals surface area contributed by atoms with Gasteiger partial charge >= 0.3 is 6.18 Å². The molecule has 0 bridgehead atoms.